The summed E-state index contributed by atoms with van der Waals surface area (Å²) < 4.78 is 6.82. The monoisotopic (exact) mass is 343 g/mol. The van der Waals surface area contributed by atoms with E-state index in [9.17, 15) is 9.59 Å². The second-order valence-corrected chi connectivity index (χ2v) is 6.15. The molecule has 1 aromatic carbocycles. The lowest BCUT2D eigenvalue weighted by molar-refractivity contribution is -0.131. The summed E-state index contributed by atoms with van der Waals surface area (Å²) in [5.41, 5.74) is 1.16. The number of carboxylic acids is 1. The normalized spacial score (nSPS) is 15.2. The van der Waals surface area contributed by atoms with E-state index in [1.165, 1.54) is 6.20 Å². The van der Waals surface area contributed by atoms with Crippen LogP contribution in [-0.4, -0.2) is 51.9 Å². The van der Waals surface area contributed by atoms with Gasteiger partial charge in [0.1, 0.15) is 5.75 Å². The molecule has 2 heterocycles. The van der Waals surface area contributed by atoms with E-state index in [1.807, 2.05) is 29.2 Å². The molecule has 1 amide bonds. The average Bonchev–Trinajstić information content (AvgIpc) is 3.13. The molecule has 1 aliphatic heterocycles. The van der Waals surface area contributed by atoms with E-state index in [-0.39, 0.29) is 17.5 Å². The first-order valence-corrected chi connectivity index (χ1v) is 8.25. The van der Waals surface area contributed by atoms with Crippen molar-refractivity contribution >= 4 is 11.9 Å². The first-order chi connectivity index (χ1) is 12.1. The number of benzene rings is 1. The van der Waals surface area contributed by atoms with E-state index in [2.05, 4.69) is 5.10 Å². The van der Waals surface area contributed by atoms with Crippen molar-refractivity contribution < 1.29 is 19.4 Å². The standard InChI is InChI=1S/C18H21N3O4/c1-25-16-4-2-13(3-5-16)10-17(22)20-8-6-15(7-9-20)21-12-14(11-19-21)18(23)24/h2-5,11-12,15H,6-10H2,1H3,(H,23,24). The quantitative estimate of drug-likeness (QED) is 0.897. The second-order valence-electron chi connectivity index (χ2n) is 6.15. The number of methoxy groups -OCH3 is 1. The van der Waals surface area contributed by atoms with Crippen LogP contribution >= 0.6 is 0 Å². The van der Waals surface area contributed by atoms with Gasteiger partial charge in [-0.15, -0.1) is 0 Å². The molecule has 1 saturated heterocycles. The number of carboxylic acid groups (broad SMARTS) is 1. The summed E-state index contributed by atoms with van der Waals surface area (Å²) in [4.78, 5) is 25.3. The van der Waals surface area contributed by atoms with Gasteiger partial charge in [0.05, 0.1) is 31.3 Å². The van der Waals surface area contributed by atoms with Crippen LogP contribution in [0.1, 0.15) is 34.8 Å². The van der Waals surface area contributed by atoms with Crippen molar-refractivity contribution in [1.29, 1.82) is 0 Å². The van der Waals surface area contributed by atoms with Crippen molar-refractivity contribution in [2.75, 3.05) is 20.2 Å². The number of nitrogens with zero attached hydrogens (tertiary/aromatic N) is 3. The zero-order valence-corrected chi connectivity index (χ0v) is 14.1. The Balaban J connectivity index is 1.53. The minimum absolute atomic E-state index is 0.107. The molecular formula is C18H21N3O4. The van der Waals surface area contributed by atoms with Crippen molar-refractivity contribution in [3.05, 3.63) is 47.8 Å². The van der Waals surface area contributed by atoms with Crippen LogP contribution in [0, 0.1) is 0 Å². The summed E-state index contributed by atoms with van der Waals surface area (Å²) in [7, 11) is 1.61. The Morgan fingerprint density at radius 3 is 2.48 bits per heavy atom. The van der Waals surface area contributed by atoms with E-state index in [1.54, 1.807) is 18.0 Å². The lowest BCUT2D eigenvalue weighted by Gasteiger charge is -2.32. The molecule has 0 spiro atoms. The molecule has 0 bridgehead atoms. The van der Waals surface area contributed by atoms with Crippen LogP contribution in [0.15, 0.2) is 36.7 Å². The Morgan fingerprint density at radius 2 is 1.92 bits per heavy atom. The number of aromatic nitrogens is 2. The first kappa shape index (κ1) is 17.0. The Labute approximate surface area is 145 Å². The summed E-state index contributed by atoms with van der Waals surface area (Å²) >= 11 is 0. The van der Waals surface area contributed by atoms with E-state index >= 15 is 0 Å². The SMILES string of the molecule is COc1ccc(CC(=O)N2CCC(n3cc(C(=O)O)cn3)CC2)cc1. The third-order valence-electron chi connectivity index (χ3n) is 4.55. The third kappa shape index (κ3) is 3.99. The highest BCUT2D eigenvalue weighted by Gasteiger charge is 2.24. The molecule has 1 N–H and O–H groups in total. The van der Waals surface area contributed by atoms with Crippen LogP contribution in [-0.2, 0) is 11.2 Å². The number of piperidine rings is 1. The predicted octanol–water partition coefficient (Wildman–Crippen LogP) is 2.00. The topological polar surface area (TPSA) is 84.7 Å². The lowest BCUT2D eigenvalue weighted by atomic mass is 10.0. The molecule has 1 aromatic heterocycles. The maximum absolute atomic E-state index is 12.5. The molecule has 0 unspecified atom stereocenters. The number of amides is 1. The minimum Gasteiger partial charge on any atom is -0.497 e. The Kier molecular flexibility index (Phi) is 5.02. The van der Waals surface area contributed by atoms with Crippen LogP contribution < -0.4 is 4.74 Å². The molecule has 7 nitrogen and oxygen atoms in total. The molecule has 25 heavy (non-hydrogen) atoms. The maximum Gasteiger partial charge on any atom is 0.338 e. The number of likely N-dealkylation sites (tertiary alicyclic amines) is 1. The number of rotatable bonds is 5. The highest BCUT2D eigenvalue weighted by atomic mass is 16.5. The zero-order chi connectivity index (χ0) is 17.8. The summed E-state index contributed by atoms with van der Waals surface area (Å²) in [6, 6.07) is 7.65. The summed E-state index contributed by atoms with van der Waals surface area (Å²) in [6.45, 7) is 1.31. The Hall–Kier alpha value is -2.83. The number of ether oxygens (including phenoxy) is 1. The van der Waals surface area contributed by atoms with Crippen molar-refractivity contribution in [3.8, 4) is 5.75 Å². The van der Waals surface area contributed by atoms with E-state index in [0.717, 1.165) is 24.2 Å². The van der Waals surface area contributed by atoms with Crippen molar-refractivity contribution in [3.63, 3.8) is 0 Å². The van der Waals surface area contributed by atoms with Crippen LogP contribution in [0.2, 0.25) is 0 Å². The van der Waals surface area contributed by atoms with Crippen molar-refractivity contribution in [2.24, 2.45) is 0 Å². The first-order valence-electron chi connectivity index (χ1n) is 8.25. The fourth-order valence-electron chi connectivity index (χ4n) is 3.06. The number of carbonyl (C=O) groups excluding carboxylic acids is 1. The van der Waals surface area contributed by atoms with Gasteiger partial charge in [0, 0.05) is 19.3 Å². The van der Waals surface area contributed by atoms with Gasteiger partial charge in [-0.25, -0.2) is 4.79 Å². The molecule has 0 radical (unpaired) electrons. The molecule has 1 aliphatic rings. The molecule has 0 aliphatic carbocycles. The second kappa shape index (κ2) is 7.38. The van der Waals surface area contributed by atoms with Crippen molar-refractivity contribution in [1.82, 2.24) is 14.7 Å². The van der Waals surface area contributed by atoms with Gasteiger partial charge in [0.15, 0.2) is 0 Å². The van der Waals surface area contributed by atoms with E-state index < -0.39 is 5.97 Å². The van der Waals surface area contributed by atoms with Gasteiger partial charge < -0.3 is 14.7 Å². The van der Waals surface area contributed by atoms with Crippen LogP contribution in [0.3, 0.4) is 0 Å². The lowest BCUT2D eigenvalue weighted by Crippen LogP contribution is -2.39. The Morgan fingerprint density at radius 1 is 1.24 bits per heavy atom. The molecule has 1 fully saturated rings. The molecular weight excluding hydrogens is 322 g/mol. The minimum atomic E-state index is -0.974. The number of hydrogen-bond donors (Lipinski definition) is 1. The molecule has 2 aromatic rings. The van der Waals surface area contributed by atoms with Gasteiger partial charge in [-0.1, -0.05) is 12.1 Å². The molecule has 0 atom stereocenters. The van der Waals surface area contributed by atoms with Gasteiger partial charge in [-0.3, -0.25) is 9.48 Å². The van der Waals surface area contributed by atoms with Crippen molar-refractivity contribution in [2.45, 2.75) is 25.3 Å². The zero-order valence-electron chi connectivity index (χ0n) is 14.1. The van der Waals surface area contributed by atoms with Crippen LogP contribution in [0.5, 0.6) is 5.75 Å². The summed E-state index contributed by atoms with van der Waals surface area (Å²) in [5.74, 6) is -0.0920. The predicted molar refractivity (Wildman–Crippen MR) is 90.7 cm³/mol. The van der Waals surface area contributed by atoms with Gasteiger partial charge in [0.2, 0.25) is 5.91 Å². The largest absolute Gasteiger partial charge is 0.497 e. The fraction of sp³-hybridized carbons (Fsp3) is 0.389. The van der Waals surface area contributed by atoms with Gasteiger partial charge >= 0.3 is 5.97 Å². The molecule has 0 saturated carbocycles. The summed E-state index contributed by atoms with van der Waals surface area (Å²) in [6.07, 6.45) is 4.84. The molecule has 132 valence electrons. The summed E-state index contributed by atoms with van der Waals surface area (Å²) in [5, 5.41) is 13.1. The van der Waals surface area contributed by atoms with E-state index in [0.29, 0.717) is 19.5 Å². The van der Waals surface area contributed by atoms with Gasteiger partial charge in [-0.2, -0.15) is 5.10 Å². The maximum atomic E-state index is 12.5. The van der Waals surface area contributed by atoms with Crippen LogP contribution in [0.4, 0.5) is 0 Å². The average molecular weight is 343 g/mol. The third-order valence-corrected chi connectivity index (χ3v) is 4.55. The fourth-order valence-corrected chi connectivity index (χ4v) is 3.06. The number of carbonyl (C=O) groups is 2. The molecule has 7 heteroatoms. The van der Waals surface area contributed by atoms with Gasteiger partial charge in [-0.05, 0) is 30.5 Å². The highest BCUT2D eigenvalue weighted by molar-refractivity contribution is 5.86. The van der Waals surface area contributed by atoms with E-state index in [4.69, 9.17) is 9.84 Å². The molecule has 3 rings (SSSR count). The smallest absolute Gasteiger partial charge is 0.338 e. The number of aromatic carboxylic acids is 1. The highest BCUT2D eigenvalue weighted by Crippen LogP contribution is 2.23. The van der Waals surface area contributed by atoms with Gasteiger partial charge in [0.25, 0.3) is 0 Å². The number of hydrogen-bond acceptors (Lipinski definition) is 4. The van der Waals surface area contributed by atoms with Crippen LogP contribution in [0.25, 0.3) is 0 Å². The Bertz CT molecular complexity index is 746.